The molecule has 0 fully saturated rings. The maximum absolute atomic E-state index is 12.5. The summed E-state index contributed by atoms with van der Waals surface area (Å²) in [7, 11) is 1.77. The Morgan fingerprint density at radius 2 is 2.00 bits per heavy atom. The van der Waals surface area contributed by atoms with Gasteiger partial charge in [-0.1, -0.05) is 29.8 Å². The van der Waals surface area contributed by atoms with Crippen molar-refractivity contribution in [3.63, 3.8) is 0 Å². The van der Waals surface area contributed by atoms with E-state index in [1.807, 2.05) is 37.3 Å². The lowest BCUT2D eigenvalue weighted by Crippen LogP contribution is -2.14. The lowest BCUT2D eigenvalue weighted by atomic mass is 10.1. The SMILES string of the molecule is Cc1ccc(C(=O)Nc2cc(-c3nc4ccccc4[nH]3)nn2C)cc1Cl. The highest BCUT2D eigenvalue weighted by Crippen LogP contribution is 2.23. The molecule has 4 rings (SSSR count). The molecule has 2 aromatic carbocycles. The molecule has 130 valence electrons. The van der Waals surface area contributed by atoms with Crippen LogP contribution in [0.1, 0.15) is 15.9 Å². The van der Waals surface area contributed by atoms with E-state index in [1.165, 1.54) is 0 Å². The molecule has 0 saturated heterocycles. The first-order chi connectivity index (χ1) is 12.5. The minimum atomic E-state index is -0.244. The number of benzene rings is 2. The molecular weight excluding hydrogens is 350 g/mol. The first kappa shape index (κ1) is 16.4. The Hall–Kier alpha value is -3.12. The van der Waals surface area contributed by atoms with Crippen molar-refractivity contribution < 1.29 is 4.79 Å². The summed E-state index contributed by atoms with van der Waals surface area (Å²) < 4.78 is 1.61. The lowest BCUT2D eigenvalue weighted by Gasteiger charge is -2.06. The number of aryl methyl sites for hydroxylation is 2. The largest absolute Gasteiger partial charge is 0.337 e. The molecule has 4 aromatic rings. The van der Waals surface area contributed by atoms with Gasteiger partial charge < -0.3 is 10.3 Å². The molecule has 0 bridgehead atoms. The number of nitrogens with zero attached hydrogens (tertiary/aromatic N) is 3. The molecule has 7 heteroatoms. The molecule has 0 radical (unpaired) electrons. The normalized spacial score (nSPS) is 11.0. The number of amides is 1. The highest BCUT2D eigenvalue weighted by Gasteiger charge is 2.14. The maximum Gasteiger partial charge on any atom is 0.256 e. The van der Waals surface area contributed by atoms with E-state index < -0.39 is 0 Å². The highest BCUT2D eigenvalue weighted by molar-refractivity contribution is 6.31. The average molecular weight is 366 g/mol. The number of hydrogen-bond donors (Lipinski definition) is 2. The summed E-state index contributed by atoms with van der Waals surface area (Å²) in [4.78, 5) is 20.3. The second kappa shape index (κ2) is 6.31. The number of H-pyrrole nitrogens is 1. The van der Waals surface area contributed by atoms with Crippen molar-refractivity contribution in [2.45, 2.75) is 6.92 Å². The fourth-order valence-corrected chi connectivity index (χ4v) is 2.88. The smallest absolute Gasteiger partial charge is 0.256 e. The Bertz CT molecular complexity index is 1100. The summed E-state index contributed by atoms with van der Waals surface area (Å²) >= 11 is 6.11. The first-order valence-electron chi connectivity index (χ1n) is 8.08. The number of halogens is 1. The first-order valence-corrected chi connectivity index (χ1v) is 8.46. The third kappa shape index (κ3) is 2.95. The van der Waals surface area contributed by atoms with Gasteiger partial charge >= 0.3 is 0 Å². The van der Waals surface area contributed by atoms with Gasteiger partial charge in [0.2, 0.25) is 0 Å². The van der Waals surface area contributed by atoms with Crippen LogP contribution in [0.4, 0.5) is 5.82 Å². The fraction of sp³-hybridized carbons (Fsp3) is 0.105. The number of aromatic nitrogens is 4. The third-order valence-corrected chi connectivity index (χ3v) is 4.59. The van der Waals surface area contributed by atoms with Gasteiger partial charge in [-0.05, 0) is 36.8 Å². The van der Waals surface area contributed by atoms with Crippen molar-refractivity contribution in [2.24, 2.45) is 7.05 Å². The number of imidazole rings is 1. The molecule has 2 N–H and O–H groups in total. The van der Waals surface area contributed by atoms with Crippen LogP contribution in [0.2, 0.25) is 5.02 Å². The van der Waals surface area contributed by atoms with Crippen LogP contribution in [0.25, 0.3) is 22.6 Å². The quantitative estimate of drug-likeness (QED) is 0.572. The highest BCUT2D eigenvalue weighted by atomic mass is 35.5. The molecule has 1 amide bonds. The topological polar surface area (TPSA) is 75.6 Å². The van der Waals surface area contributed by atoms with Gasteiger partial charge in [-0.25, -0.2) is 4.98 Å². The molecule has 0 atom stereocenters. The summed E-state index contributed by atoms with van der Waals surface area (Å²) in [6, 6.07) is 14.8. The van der Waals surface area contributed by atoms with Crippen molar-refractivity contribution in [2.75, 3.05) is 5.32 Å². The zero-order valence-corrected chi connectivity index (χ0v) is 15.0. The summed E-state index contributed by atoms with van der Waals surface area (Å²) in [5, 5.41) is 7.86. The molecule has 2 aromatic heterocycles. The Balaban J connectivity index is 1.62. The number of fused-ring (bicyclic) bond motifs is 1. The van der Waals surface area contributed by atoms with Crippen molar-refractivity contribution in [3.05, 3.63) is 64.7 Å². The van der Waals surface area contributed by atoms with E-state index in [-0.39, 0.29) is 5.91 Å². The van der Waals surface area contributed by atoms with Crippen LogP contribution < -0.4 is 5.32 Å². The number of para-hydroxylation sites is 2. The second-order valence-corrected chi connectivity index (χ2v) is 6.47. The van der Waals surface area contributed by atoms with Crippen LogP contribution in [0.15, 0.2) is 48.5 Å². The van der Waals surface area contributed by atoms with E-state index in [9.17, 15) is 4.79 Å². The summed E-state index contributed by atoms with van der Waals surface area (Å²) in [5.74, 6) is 0.980. The van der Waals surface area contributed by atoms with Crippen molar-refractivity contribution in [1.82, 2.24) is 19.7 Å². The zero-order chi connectivity index (χ0) is 18.3. The van der Waals surface area contributed by atoms with Gasteiger partial charge in [-0.15, -0.1) is 0 Å². The number of carbonyl (C=O) groups is 1. The zero-order valence-electron chi connectivity index (χ0n) is 14.2. The van der Waals surface area contributed by atoms with Crippen LogP contribution >= 0.6 is 11.6 Å². The van der Waals surface area contributed by atoms with Gasteiger partial charge in [0.15, 0.2) is 5.82 Å². The van der Waals surface area contributed by atoms with E-state index in [4.69, 9.17) is 11.6 Å². The van der Waals surface area contributed by atoms with E-state index in [0.717, 1.165) is 16.6 Å². The van der Waals surface area contributed by atoms with Crippen LogP contribution in [-0.4, -0.2) is 25.7 Å². The molecule has 2 heterocycles. The summed E-state index contributed by atoms with van der Waals surface area (Å²) in [6.45, 7) is 1.89. The number of nitrogens with one attached hydrogen (secondary N) is 2. The number of carbonyl (C=O) groups excluding carboxylic acids is 1. The summed E-state index contributed by atoms with van der Waals surface area (Å²) in [5.41, 5.74) is 3.88. The molecule has 26 heavy (non-hydrogen) atoms. The molecule has 0 aliphatic rings. The second-order valence-electron chi connectivity index (χ2n) is 6.06. The van der Waals surface area contributed by atoms with E-state index >= 15 is 0 Å². The van der Waals surface area contributed by atoms with Crippen molar-refractivity contribution >= 4 is 34.4 Å². The fourth-order valence-electron chi connectivity index (χ4n) is 2.70. The lowest BCUT2D eigenvalue weighted by molar-refractivity contribution is 0.102. The number of anilines is 1. The standard InChI is InChI=1S/C19H16ClN5O/c1-11-7-8-12(9-13(11)20)19(26)23-17-10-16(24-25(17)2)18-21-14-5-3-4-6-15(14)22-18/h3-10H,1-2H3,(H,21,22)(H,23,26). The average Bonchev–Trinajstić information content (AvgIpc) is 3.21. The van der Waals surface area contributed by atoms with Crippen LogP contribution in [-0.2, 0) is 7.05 Å². The van der Waals surface area contributed by atoms with Gasteiger partial charge in [0.05, 0.1) is 11.0 Å². The van der Waals surface area contributed by atoms with Crippen molar-refractivity contribution in [1.29, 1.82) is 0 Å². The molecule has 0 saturated carbocycles. The minimum Gasteiger partial charge on any atom is -0.337 e. The van der Waals surface area contributed by atoms with Crippen molar-refractivity contribution in [3.8, 4) is 11.5 Å². The predicted molar refractivity (Wildman–Crippen MR) is 102 cm³/mol. The van der Waals surface area contributed by atoms with E-state index in [2.05, 4.69) is 20.4 Å². The summed E-state index contributed by atoms with van der Waals surface area (Å²) in [6.07, 6.45) is 0. The van der Waals surface area contributed by atoms with E-state index in [0.29, 0.717) is 27.9 Å². The van der Waals surface area contributed by atoms with Crippen LogP contribution in [0.5, 0.6) is 0 Å². The molecular formula is C19H16ClN5O. The number of rotatable bonds is 3. The number of hydrogen-bond acceptors (Lipinski definition) is 3. The predicted octanol–water partition coefficient (Wildman–Crippen LogP) is 4.18. The Kier molecular flexibility index (Phi) is 3.97. The molecule has 6 nitrogen and oxygen atoms in total. The van der Waals surface area contributed by atoms with Gasteiger partial charge in [-0.2, -0.15) is 5.10 Å². The number of aromatic amines is 1. The van der Waals surface area contributed by atoms with E-state index in [1.54, 1.807) is 29.9 Å². The maximum atomic E-state index is 12.5. The minimum absolute atomic E-state index is 0.244. The van der Waals surface area contributed by atoms with Gasteiger partial charge in [0.1, 0.15) is 11.5 Å². The third-order valence-electron chi connectivity index (χ3n) is 4.19. The molecule has 0 spiro atoms. The van der Waals surface area contributed by atoms with Crippen LogP contribution in [0.3, 0.4) is 0 Å². The molecule has 0 unspecified atom stereocenters. The molecule has 0 aliphatic heterocycles. The van der Waals surface area contributed by atoms with Crippen LogP contribution in [0, 0.1) is 6.92 Å². The van der Waals surface area contributed by atoms with Gasteiger partial charge in [0, 0.05) is 23.7 Å². The Morgan fingerprint density at radius 1 is 1.19 bits per heavy atom. The Morgan fingerprint density at radius 3 is 2.77 bits per heavy atom. The Labute approximate surface area is 154 Å². The monoisotopic (exact) mass is 365 g/mol. The van der Waals surface area contributed by atoms with Gasteiger partial charge in [0.25, 0.3) is 5.91 Å². The molecule has 0 aliphatic carbocycles. The van der Waals surface area contributed by atoms with Gasteiger partial charge in [-0.3, -0.25) is 9.48 Å².